The average Bonchev–Trinajstić information content (AvgIpc) is 3.55. The van der Waals surface area contributed by atoms with Crippen LogP contribution < -0.4 is 19.1 Å². The molecular weight excluding hydrogens is 596 g/mol. The summed E-state index contributed by atoms with van der Waals surface area (Å²) in [6.45, 7) is 5.84. The SMILES string of the molecule is CCOC(=O)c1sc(N2C(=O)C(=O)C(=C(O)c3ccc(OCc4cccc(C)c4)cc3)C2c2ccc(OC)c(OC)c2)nc1C. The molecule has 1 N–H and O–H groups in total. The first-order valence-corrected chi connectivity index (χ1v) is 14.9. The summed E-state index contributed by atoms with van der Waals surface area (Å²) in [5.41, 5.74) is 3.11. The summed E-state index contributed by atoms with van der Waals surface area (Å²) in [7, 11) is 2.96. The second-order valence-electron chi connectivity index (χ2n) is 10.2. The number of amides is 1. The lowest BCUT2D eigenvalue weighted by Crippen LogP contribution is -2.29. The van der Waals surface area contributed by atoms with Crippen molar-refractivity contribution in [2.24, 2.45) is 0 Å². The fourth-order valence-electron chi connectivity index (χ4n) is 5.07. The van der Waals surface area contributed by atoms with Crippen LogP contribution in [0.5, 0.6) is 17.2 Å². The molecule has 0 spiro atoms. The van der Waals surface area contributed by atoms with Crippen LogP contribution in [0.3, 0.4) is 0 Å². The Bertz CT molecular complexity index is 1790. The van der Waals surface area contributed by atoms with Gasteiger partial charge in [0.1, 0.15) is 23.0 Å². The van der Waals surface area contributed by atoms with Gasteiger partial charge in [0.15, 0.2) is 16.6 Å². The van der Waals surface area contributed by atoms with E-state index < -0.39 is 23.7 Å². The van der Waals surface area contributed by atoms with Gasteiger partial charge in [-0.05, 0) is 68.3 Å². The van der Waals surface area contributed by atoms with Crippen LogP contribution >= 0.6 is 11.3 Å². The topological polar surface area (TPSA) is 124 Å². The zero-order valence-corrected chi connectivity index (χ0v) is 26.3. The van der Waals surface area contributed by atoms with Crippen LogP contribution in [0.1, 0.15) is 50.6 Å². The number of nitrogens with zero attached hydrogens (tertiary/aromatic N) is 2. The predicted octanol–water partition coefficient (Wildman–Crippen LogP) is 6.16. The number of thiazole rings is 1. The van der Waals surface area contributed by atoms with Crippen molar-refractivity contribution in [3.8, 4) is 17.2 Å². The third-order valence-electron chi connectivity index (χ3n) is 7.24. The van der Waals surface area contributed by atoms with Crippen LogP contribution in [0.4, 0.5) is 5.13 Å². The molecule has 1 unspecified atom stereocenters. The molecule has 11 heteroatoms. The number of aryl methyl sites for hydroxylation is 2. The van der Waals surface area contributed by atoms with E-state index in [1.807, 2.05) is 31.2 Å². The summed E-state index contributed by atoms with van der Waals surface area (Å²) in [4.78, 5) is 45.7. The molecule has 5 rings (SSSR count). The maximum Gasteiger partial charge on any atom is 0.350 e. The number of hydrogen-bond donors (Lipinski definition) is 1. The molecule has 0 aliphatic carbocycles. The molecule has 1 aliphatic heterocycles. The number of aliphatic hydroxyl groups excluding tert-OH is 1. The molecule has 1 aromatic heterocycles. The average molecular weight is 629 g/mol. The zero-order chi connectivity index (χ0) is 32.2. The van der Waals surface area contributed by atoms with Crippen molar-refractivity contribution < 1.29 is 38.4 Å². The zero-order valence-electron chi connectivity index (χ0n) is 25.5. The molecule has 2 heterocycles. The molecule has 1 fully saturated rings. The fourth-order valence-corrected chi connectivity index (χ4v) is 6.06. The number of benzene rings is 3. The van der Waals surface area contributed by atoms with Crippen molar-refractivity contribution in [3.63, 3.8) is 0 Å². The molecule has 45 heavy (non-hydrogen) atoms. The number of Topliss-reactive ketones (excluding diaryl/α,β-unsaturated/α-hetero) is 1. The van der Waals surface area contributed by atoms with Crippen LogP contribution in [0.25, 0.3) is 5.76 Å². The van der Waals surface area contributed by atoms with Crippen LogP contribution in [0, 0.1) is 13.8 Å². The van der Waals surface area contributed by atoms with E-state index in [0.717, 1.165) is 22.5 Å². The van der Waals surface area contributed by atoms with Crippen molar-refractivity contribution in [2.45, 2.75) is 33.4 Å². The second-order valence-corrected chi connectivity index (χ2v) is 11.2. The van der Waals surface area contributed by atoms with E-state index in [2.05, 4.69) is 4.98 Å². The largest absolute Gasteiger partial charge is 0.507 e. The predicted molar refractivity (Wildman–Crippen MR) is 169 cm³/mol. The Morgan fingerprint density at radius 2 is 1.71 bits per heavy atom. The summed E-state index contributed by atoms with van der Waals surface area (Å²) in [5, 5.41) is 11.7. The molecule has 232 valence electrons. The minimum atomic E-state index is -1.09. The van der Waals surface area contributed by atoms with Gasteiger partial charge in [-0.3, -0.25) is 14.5 Å². The molecule has 1 atom stereocenters. The van der Waals surface area contributed by atoms with Gasteiger partial charge in [-0.2, -0.15) is 0 Å². The van der Waals surface area contributed by atoms with Gasteiger partial charge >= 0.3 is 11.9 Å². The quantitative estimate of drug-likeness (QED) is 0.0952. The lowest BCUT2D eigenvalue weighted by Gasteiger charge is -2.23. The van der Waals surface area contributed by atoms with E-state index in [-0.39, 0.29) is 27.9 Å². The first-order chi connectivity index (χ1) is 21.7. The minimum Gasteiger partial charge on any atom is -0.507 e. The highest BCUT2D eigenvalue weighted by atomic mass is 32.1. The van der Waals surface area contributed by atoms with Crippen molar-refractivity contribution in [3.05, 3.63) is 105 Å². The number of esters is 1. The number of aliphatic hydroxyl groups is 1. The Labute approximate surface area is 264 Å². The van der Waals surface area contributed by atoms with Gasteiger partial charge in [0, 0.05) is 5.56 Å². The maximum atomic E-state index is 13.6. The molecular formula is C34H32N2O8S. The maximum absolute atomic E-state index is 13.6. The number of aromatic nitrogens is 1. The van der Waals surface area contributed by atoms with E-state index >= 15 is 0 Å². The third-order valence-corrected chi connectivity index (χ3v) is 8.37. The molecule has 1 saturated heterocycles. The highest BCUT2D eigenvalue weighted by Crippen LogP contribution is 2.45. The van der Waals surface area contributed by atoms with Gasteiger partial charge in [-0.15, -0.1) is 0 Å². The van der Waals surface area contributed by atoms with Gasteiger partial charge < -0.3 is 24.1 Å². The highest BCUT2D eigenvalue weighted by Gasteiger charge is 2.48. The summed E-state index contributed by atoms with van der Waals surface area (Å²) >= 11 is 0.933. The number of hydrogen-bond acceptors (Lipinski definition) is 10. The number of carbonyl (C=O) groups excluding carboxylic acids is 3. The van der Waals surface area contributed by atoms with E-state index in [0.29, 0.717) is 40.7 Å². The smallest absolute Gasteiger partial charge is 0.350 e. The Morgan fingerprint density at radius 1 is 0.978 bits per heavy atom. The summed E-state index contributed by atoms with van der Waals surface area (Å²) < 4.78 is 21.9. The van der Waals surface area contributed by atoms with Crippen molar-refractivity contribution in [1.82, 2.24) is 4.98 Å². The second kappa shape index (κ2) is 13.2. The first-order valence-electron chi connectivity index (χ1n) is 14.1. The Kier molecular flexibility index (Phi) is 9.19. The van der Waals surface area contributed by atoms with Crippen LogP contribution in [0.2, 0.25) is 0 Å². The standard InChI is InChI=1S/C34H32N2O8S/c1-6-43-33(40)31-20(3)35-34(45-31)36-28(23-12-15-25(41-4)26(17-23)42-5)27(30(38)32(36)39)29(37)22-10-13-24(14-11-22)44-18-21-9-7-8-19(2)16-21/h7-17,28,37H,6,18H2,1-5H3. The Hall–Kier alpha value is -5.16. The lowest BCUT2D eigenvalue weighted by molar-refractivity contribution is -0.132. The Morgan fingerprint density at radius 3 is 2.38 bits per heavy atom. The lowest BCUT2D eigenvalue weighted by atomic mass is 9.95. The molecule has 0 radical (unpaired) electrons. The summed E-state index contributed by atoms with van der Waals surface area (Å²) in [6.07, 6.45) is 0. The molecule has 0 saturated carbocycles. The van der Waals surface area contributed by atoms with Gasteiger partial charge in [0.05, 0.1) is 38.1 Å². The molecule has 3 aromatic carbocycles. The molecule has 10 nitrogen and oxygen atoms in total. The normalized spacial score (nSPS) is 15.7. The van der Waals surface area contributed by atoms with Crippen molar-refractivity contribution >= 4 is 39.9 Å². The van der Waals surface area contributed by atoms with Crippen LogP contribution in [0.15, 0.2) is 72.3 Å². The van der Waals surface area contributed by atoms with Gasteiger partial charge in [-0.1, -0.05) is 47.2 Å². The number of ketones is 1. The minimum absolute atomic E-state index is 0.108. The molecule has 1 amide bonds. The third kappa shape index (κ3) is 6.25. The summed E-state index contributed by atoms with van der Waals surface area (Å²) in [5.74, 6) is -1.40. The number of anilines is 1. The monoisotopic (exact) mass is 628 g/mol. The molecule has 0 bridgehead atoms. The van der Waals surface area contributed by atoms with Gasteiger partial charge in [0.25, 0.3) is 5.78 Å². The van der Waals surface area contributed by atoms with Gasteiger partial charge in [0.2, 0.25) is 0 Å². The van der Waals surface area contributed by atoms with Crippen LogP contribution in [-0.4, -0.2) is 48.6 Å². The van der Waals surface area contributed by atoms with E-state index in [9.17, 15) is 19.5 Å². The van der Waals surface area contributed by atoms with Crippen molar-refractivity contribution in [2.75, 3.05) is 25.7 Å². The van der Waals surface area contributed by atoms with Gasteiger partial charge in [-0.25, -0.2) is 9.78 Å². The molecule has 1 aliphatic rings. The first kappa shape index (κ1) is 31.3. The fraction of sp³-hybridized carbons (Fsp3) is 0.235. The van der Waals surface area contributed by atoms with Crippen molar-refractivity contribution in [1.29, 1.82) is 0 Å². The van der Waals surface area contributed by atoms with E-state index in [4.69, 9.17) is 18.9 Å². The Balaban J connectivity index is 1.57. The number of rotatable bonds is 10. The van der Waals surface area contributed by atoms with E-state index in [1.54, 1.807) is 56.3 Å². The number of methoxy groups -OCH3 is 2. The highest BCUT2D eigenvalue weighted by molar-refractivity contribution is 7.17. The molecule has 4 aromatic rings. The number of carbonyl (C=O) groups is 3. The van der Waals surface area contributed by atoms with Crippen LogP contribution in [-0.2, 0) is 20.9 Å². The summed E-state index contributed by atoms with van der Waals surface area (Å²) in [6, 6.07) is 18.4. The van der Waals surface area contributed by atoms with E-state index in [1.165, 1.54) is 19.1 Å². The number of ether oxygens (including phenoxy) is 4.